The van der Waals surface area contributed by atoms with Crippen LogP contribution in [0.4, 0.5) is 0 Å². The predicted molar refractivity (Wildman–Crippen MR) is 68.0 cm³/mol. The van der Waals surface area contributed by atoms with Crippen molar-refractivity contribution in [1.82, 2.24) is 15.1 Å². The number of hydrogen-bond donors (Lipinski definition) is 1. The van der Waals surface area contributed by atoms with Gasteiger partial charge < -0.3 is 15.0 Å². The summed E-state index contributed by atoms with van der Waals surface area (Å²) < 4.78 is 5.05. The molecule has 17 heavy (non-hydrogen) atoms. The van der Waals surface area contributed by atoms with Gasteiger partial charge in [0.2, 0.25) is 5.91 Å². The van der Waals surface area contributed by atoms with Crippen molar-refractivity contribution in [3.63, 3.8) is 0 Å². The molecule has 0 aliphatic carbocycles. The normalized spacial score (nSPS) is 18.5. The summed E-state index contributed by atoms with van der Waals surface area (Å²) in [6, 6.07) is 0.377. The van der Waals surface area contributed by atoms with Gasteiger partial charge in [-0.2, -0.15) is 0 Å². The van der Waals surface area contributed by atoms with E-state index in [1.165, 1.54) is 0 Å². The molecule has 1 aliphatic rings. The molecule has 0 aromatic heterocycles. The quantitative estimate of drug-likeness (QED) is 0.700. The molecule has 0 radical (unpaired) electrons. The first-order chi connectivity index (χ1) is 8.15. The Balaban J connectivity index is 2.28. The maximum atomic E-state index is 12.0. The fourth-order valence-electron chi connectivity index (χ4n) is 1.89. The van der Waals surface area contributed by atoms with E-state index in [4.69, 9.17) is 4.74 Å². The second-order valence-corrected chi connectivity index (χ2v) is 4.68. The fourth-order valence-corrected chi connectivity index (χ4v) is 1.89. The van der Waals surface area contributed by atoms with Crippen molar-refractivity contribution in [2.75, 3.05) is 53.5 Å². The average molecular weight is 243 g/mol. The van der Waals surface area contributed by atoms with Crippen molar-refractivity contribution in [2.24, 2.45) is 0 Å². The number of piperazine rings is 1. The Morgan fingerprint density at radius 2 is 2.12 bits per heavy atom. The molecule has 1 fully saturated rings. The van der Waals surface area contributed by atoms with Gasteiger partial charge in [0.05, 0.1) is 6.54 Å². The zero-order valence-corrected chi connectivity index (χ0v) is 11.2. The van der Waals surface area contributed by atoms with Gasteiger partial charge in [0, 0.05) is 45.9 Å². The number of amides is 1. The first kappa shape index (κ1) is 14.4. The summed E-state index contributed by atoms with van der Waals surface area (Å²) in [4.78, 5) is 16.1. The summed E-state index contributed by atoms with van der Waals surface area (Å²) in [5.41, 5.74) is 0. The van der Waals surface area contributed by atoms with Crippen LogP contribution in [-0.4, -0.2) is 75.2 Å². The molecule has 1 atom stereocenters. The van der Waals surface area contributed by atoms with E-state index in [0.717, 1.165) is 39.2 Å². The van der Waals surface area contributed by atoms with Gasteiger partial charge in [-0.1, -0.05) is 0 Å². The number of likely N-dealkylation sites (N-methyl/N-ethyl adjacent to an activating group) is 1. The minimum atomic E-state index is 0.235. The van der Waals surface area contributed by atoms with Gasteiger partial charge >= 0.3 is 0 Å². The third kappa shape index (κ3) is 5.02. The molecule has 1 saturated heterocycles. The number of methoxy groups -OCH3 is 1. The molecule has 1 unspecified atom stereocenters. The lowest BCUT2D eigenvalue weighted by atomic mass is 10.2. The van der Waals surface area contributed by atoms with Crippen molar-refractivity contribution in [3.05, 3.63) is 0 Å². The SMILES string of the molecule is COCCC(C)N(C)CC(=O)N1CCNCC1. The van der Waals surface area contributed by atoms with E-state index in [-0.39, 0.29) is 5.91 Å². The van der Waals surface area contributed by atoms with Crippen LogP contribution in [0, 0.1) is 0 Å². The Morgan fingerprint density at radius 1 is 1.47 bits per heavy atom. The van der Waals surface area contributed by atoms with Crippen molar-refractivity contribution < 1.29 is 9.53 Å². The maximum Gasteiger partial charge on any atom is 0.236 e. The molecule has 0 aromatic rings. The largest absolute Gasteiger partial charge is 0.385 e. The van der Waals surface area contributed by atoms with Gasteiger partial charge in [0.25, 0.3) is 0 Å². The number of carbonyl (C=O) groups is 1. The van der Waals surface area contributed by atoms with Crippen LogP contribution < -0.4 is 5.32 Å². The van der Waals surface area contributed by atoms with E-state index < -0.39 is 0 Å². The summed E-state index contributed by atoms with van der Waals surface area (Å²) >= 11 is 0. The summed E-state index contributed by atoms with van der Waals surface area (Å²) in [7, 11) is 3.71. The molecule has 1 heterocycles. The Labute approximate surface area is 104 Å². The minimum absolute atomic E-state index is 0.235. The van der Waals surface area contributed by atoms with E-state index in [1.54, 1.807) is 7.11 Å². The molecule has 1 amide bonds. The highest BCUT2D eigenvalue weighted by Gasteiger charge is 2.19. The molecule has 5 heteroatoms. The molecule has 5 nitrogen and oxygen atoms in total. The van der Waals surface area contributed by atoms with Crippen molar-refractivity contribution >= 4 is 5.91 Å². The van der Waals surface area contributed by atoms with E-state index >= 15 is 0 Å². The lowest BCUT2D eigenvalue weighted by molar-refractivity contribution is -0.133. The Hall–Kier alpha value is -0.650. The van der Waals surface area contributed by atoms with Crippen LogP contribution in [0.1, 0.15) is 13.3 Å². The van der Waals surface area contributed by atoms with Crippen molar-refractivity contribution in [2.45, 2.75) is 19.4 Å². The molecular formula is C12H25N3O2. The number of ether oxygens (including phenoxy) is 1. The van der Waals surface area contributed by atoms with E-state index in [0.29, 0.717) is 12.6 Å². The fraction of sp³-hybridized carbons (Fsp3) is 0.917. The highest BCUT2D eigenvalue weighted by atomic mass is 16.5. The first-order valence-electron chi connectivity index (χ1n) is 6.33. The second kappa shape index (κ2) is 7.63. The number of rotatable bonds is 6. The minimum Gasteiger partial charge on any atom is -0.385 e. The molecular weight excluding hydrogens is 218 g/mol. The van der Waals surface area contributed by atoms with Gasteiger partial charge in [0.1, 0.15) is 0 Å². The Morgan fingerprint density at radius 3 is 2.71 bits per heavy atom. The molecule has 0 aromatic carbocycles. The van der Waals surface area contributed by atoms with Gasteiger partial charge in [0.15, 0.2) is 0 Å². The number of nitrogens with one attached hydrogen (secondary N) is 1. The van der Waals surface area contributed by atoms with Gasteiger partial charge in [-0.3, -0.25) is 9.69 Å². The Bertz CT molecular complexity index is 230. The summed E-state index contributed by atoms with van der Waals surface area (Å²) in [5, 5.41) is 3.25. The second-order valence-electron chi connectivity index (χ2n) is 4.68. The third-order valence-corrected chi connectivity index (χ3v) is 3.35. The monoisotopic (exact) mass is 243 g/mol. The number of nitrogens with zero attached hydrogens (tertiary/aromatic N) is 2. The lowest BCUT2D eigenvalue weighted by Crippen LogP contribution is -2.50. The topological polar surface area (TPSA) is 44.8 Å². The molecule has 0 saturated carbocycles. The molecule has 1 N–H and O–H groups in total. The molecule has 0 bridgehead atoms. The highest BCUT2D eigenvalue weighted by molar-refractivity contribution is 5.78. The summed E-state index contributed by atoms with van der Waals surface area (Å²) in [6.45, 7) is 6.86. The molecule has 1 rings (SSSR count). The molecule has 100 valence electrons. The Kier molecular flexibility index (Phi) is 6.47. The van der Waals surface area contributed by atoms with Gasteiger partial charge in [-0.15, -0.1) is 0 Å². The van der Waals surface area contributed by atoms with Crippen LogP contribution in [-0.2, 0) is 9.53 Å². The van der Waals surface area contributed by atoms with E-state index in [9.17, 15) is 4.79 Å². The van der Waals surface area contributed by atoms with Gasteiger partial charge in [-0.05, 0) is 20.4 Å². The zero-order chi connectivity index (χ0) is 12.7. The van der Waals surface area contributed by atoms with Crippen LogP contribution in [0.5, 0.6) is 0 Å². The highest BCUT2D eigenvalue weighted by Crippen LogP contribution is 2.03. The van der Waals surface area contributed by atoms with E-state index in [1.807, 2.05) is 11.9 Å². The summed E-state index contributed by atoms with van der Waals surface area (Å²) in [5.74, 6) is 0.235. The summed E-state index contributed by atoms with van der Waals surface area (Å²) in [6.07, 6.45) is 0.960. The van der Waals surface area contributed by atoms with Crippen molar-refractivity contribution in [3.8, 4) is 0 Å². The average Bonchev–Trinajstić information content (AvgIpc) is 2.36. The van der Waals surface area contributed by atoms with Crippen molar-refractivity contribution in [1.29, 1.82) is 0 Å². The smallest absolute Gasteiger partial charge is 0.236 e. The first-order valence-corrected chi connectivity index (χ1v) is 6.33. The number of hydrogen-bond acceptors (Lipinski definition) is 4. The standard InChI is InChI=1S/C12H25N3O2/c1-11(4-9-17-3)14(2)10-12(16)15-7-5-13-6-8-15/h11,13H,4-10H2,1-3H3. The van der Waals surface area contributed by atoms with Crippen LogP contribution in [0.25, 0.3) is 0 Å². The predicted octanol–water partition coefficient (Wildman–Crippen LogP) is -0.225. The molecule has 0 spiro atoms. The third-order valence-electron chi connectivity index (χ3n) is 3.35. The van der Waals surface area contributed by atoms with Crippen LogP contribution in [0.2, 0.25) is 0 Å². The van der Waals surface area contributed by atoms with Gasteiger partial charge in [-0.25, -0.2) is 0 Å². The maximum absolute atomic E-state index is 12.0. The van der Waals surface area contributed by atoms with E-state index in [2.05, 4.69) is 17.1 Å². The number of carbonyl (C=O) groups excluding carboxylic acids is 1. The van der Waals surface area contributed by atoms with Crippen LogP contribution >= 0.6 is 0 Å². The lowest BCUT2D eigenvalue weighted by Gasteiger charge is -2.31. The zero-order valence-electron chi connectivity index (χ0n) is 11.2. The van der Waals surface area contributed by atoms with Crippen LogP contribution in [0.15, 0.2) is 0 Å². The molecule has 1 aliphatic heterocycles. The van der Waals surface area contributed by atoms with Crippen LogP contribution in [0.3, 0.4) is 0 Å².